The molecular formula is C19H28IN5O. The summed E-state index contributed by atoms with van der Waals surface area (Å²) in [6.07, 6.45) is 1.81. The lowest BCUT2D eigenvalue weighted by atomic mass is 10.1. The summed E-state index contributed by atoms with van der Waals surface area (Å²) in [5, 5.41) is 10.5. The molecular weight excluding hydrogens is 441 g/mol. The number of para-hydroxylation sites is 1. The number of amides is 1. The molecule has 2 aromatic rings. The van der Waals surface area contributed by atoms with E-state index in [-0.39, 0.29) is 35.8 Å². The molecule has 1 heterocycles. The zero-order valence-electron chi connectivity index (χ0n) is 15.6. The highest BCUT2D eigenvalue weighted by molar-refractivity contribution is 14.0. The molecule has 3 N–H and O–H groups in total. The first-order valence-corrected chi connectivity index (χ1v) is 8.74. The van der Waals surface area contributed by atoms with E-state index in [1.165, 1.54) is 0 Å². The van der Waals surface area contributed by atoms with Crippen LogP contribution in [0.2, 0.25) is 0 Å². The average molecular weight is 469 g/mol. The molecule has 2 rings (SSSR count). The van der Waals surface area contributed by atoms with Crippen LogP contribution in [-0.2, 0) is 11.3 Å². The Labute approximate surface area is 172 Å². The number of carbonyl (C=O) groups is 1. The maximum absolute atomic E-state index is 11.6. The molecule has 0 unspecified atom stereocenters. The van der Waals surface area contributed by atoms with Gasteiger partial charge in [0.05, 0.1) is 12.1 Å². The van der Waals surface area contributed by atoms with Crippen molar-refractivity contribution in [3.05, 3.63) is 42.1 Å². The van der Waals surface area contributed by atoms with Crippen LogP contribution in [0.25, 0.3) is 10.9 Å². The second-order valence-corrected chi connectivity index (χ2v) is 6.05. The van der Waals surface area contributed by atoms with Crippen molar-refractivity contribution in [2.45, 2.75) is 27.3 Å². The Hall–Kier alpha value is -1.90. The van der Waals surface area contributed by atoms with Crippen LogP contribution in [-0.4, -0.2) is 36.5 Å². The Bertz CT molecular complexity index is 727. The lowest BCUT2D eigenvalue weighted by Gasteiger charge is -2.13. The largest absolute Gasteiger partial charge is 0.357 e. The van der Waals surface area contributed by atoms with Gasteiger partial charge in [-0.05, 0) is 24.6 Å². The van der Waals surface area contributed by atoms with E-state index >= 15 is 0 Å². The molecule has 0 bridgehead atoms. The minimum Gasteiger partial charge on any atom is -0.357 e. The maximum Gasteiger partial charge on any atom is 0.222 e. The van der Waals surface area contributed by atoms with Crippen LogP contribution in [0, 0.1) is 5.92 Å². The molecule has 142 valence electrons. The molecule has 0 fully saturated rings. The predicted molar refractivity (Wildman–Crippen MR) is 118 cm³/mol. The van der Waals surface area contributed by atoms with Crippen molar-refractivity contribution >= 4 is 46.7 Å². The lowest BCUT2D eigenvalue weighted by Crippen LogP contribution is -2.42. The van der Waals surface area contributed by atoms with Gasteiger partial charge in [0.15, 0.2) is 5.96 Å². The molecule has 1 aromatic heterocycles. The fraction of sp³-hybridized carbons (Fsp3) is 0.421. The zero-order chi connectivity index (χ0) is 18.1. The number of nitrogens with one attached hydrogen (secondary N) is 3. The second-order valence-electron chi connectivity index (χ2n) is 6.05. The normalized spacial score (nSPS) is 11.2. The van der Waals surface area contributed by atoms with Gasteiger partial charge >= 0.3 is 0 Å². The Morgan fingerprint density at radius 3 is 2.58 bits per heavy atom. The lowest BCUT2D eigenvalue weighted by molar-refractivity contribution is -0.123. The van der Waals surface area contributed by atoms with Crippen molar-refractivity contribution in [2.24, 2.45) is 10.9 Å². The third-order valence-corrected chi connectivity index (χ3v) is 3.73. The summed E-state index contributed by atoms with van der Waals surface area (Å²) < 4.78 is 0. The van der Waals surface area contributed by atoms with Gasteiger partial charge in [-0.3, -0.25) is 9.78 Å². The van der Waals surface area contributed by atoms with E-state index in [4.69, 9.17) is 0 Å². The van der Waals surface area contributed by atoms with Crippen molar-refractivity contribution < 1.29 is 4.79 Å². The number of hydrogen-bond donors (Lipinski definition) is 3. The first-order chi connectivity index (χ1) is 12.1. The maximum atomic E-state index is 11.6. The summed E-state index contributed by atoms with van der Waals surface area (Å²) in [6, 6.07) is 10.1. The van der Waals surface area contributed by atoms with Crippen LogP contribution < -0.4 is 16.0 Å². The number of pyridine rings is 1. The van der Waals surface area contributed by atoms with Crippen LogP contribution in [0.5, 0.6) is 0 Å². The Balaban J connectivity index is 0.00000338. The van der Waals surface area contributed by atoms with E-state index in [2.05, 4.69) is 32.0 Å². The molecule has 0 aliphatic carbocycles. The van der Waals surface area contributed by atoms with Crippen LogP contribution in [0.4, 0.5) is 0 Å². The van der Waals surface area contributed by atoms with Gasteiger partial charge in [-0.15, -0.1) is 24.0 Å². The number of hydrogen-bond acceptors (Lipinski definition) is 3. The number of aliphatic imine (C=N–C) groups is 1. The van der Waals surface area contributed by atoms with Gasteiger partial charge in [-0.25, -0.2) is 4.99 Å². The van der Waals surface area contributed by atoms with Crippen LogP contribution >= 0.6 is 24.0 Å². The molecule has 0 atom stereocenters. The van der Waals surface area contributed by atoms with Crippen molar-refractivity contribution in [1.29, 1.82) is 0 Å². The minimum atomic E-state index is 0. The highest BCUT2D eigenvalue weighted by Gasteiger charge is 2.05. The Morgan fingerprint density at radius 2 is 1.85 bits per heavy atom. The number of fused-ring (bicyclic) bond motifs is 1. The van der Waals surface area contributed by atoms with E-state index in [9.17, 15) is 4.79 Å². The van der Waals surface area contributed by atoms with Gasteiger partial charge in [0, 0.05) is 37.1 Å². The molecule has 0 saturated carbocycles. The van der Waals surface area contributed by atoms with E-state index in [0.717, 1.165) is 29.0 Å². The molecule has 0 spiro atoms. The number of carbonyl (C=O) groups excluding carboxylic acids is 1. The van der Waals surface area contributed by atoms with Crippen molar-refractivity contribution in [3.8, 4) is 0 Å². The van der Waals surface area contributed by atoms with Crippen molar-refractivity contribution in [1.82, 2.24) is 20.9 Å². The van der Waals surface area contributed by atoms with Crippen LogP contribution in [0.3, 0.4) is 0 Å². The van der Waals surface area contributed by atoms with E-state index in [0.29, 0.717) is 19.6 Å². The summed E-state index contributed by atoms with van der Waals surface area (Å²) in [5.74, 6) is 0.802. The second kappa shape index (κ2) is 11.7. The first-order valence-electron chi connectivity index (χ1n) is 8.74. The fourth-order valence-corrected chi connectivity index (χ4v) is 2.37. The summed E-state index contributed by atoms with van der Waals surface area (Å²) in [4.78, 5) is 20.6. The molecule has 1 amide bonds. The number of nitrogens with zero attached hydrogens (tertiary/aromatic N) is 2. The third kappa shape index (κ3) is 6.78. The van der Waals surface area contributed by atoms with Gasteiger partial charge in [0.2, 0.25) is 5.91 Å². The summed E-state index contributed by atoms with van der Waals surface area (Å²) in [6.45, 7) is 8.33. The first kappa shape index (κ1) is 22.1. The predicted octanol–water partition coefficient (Wildman–Crippen LogP) is 2.68. The number of aromatic nitrogens is 1. The number of halogens is 1. The summed E-state index contributed by atoms with van der Waals surface area (Å²) in [7, 11) is 0. The topological polar surface area (TPSA) is 78.4 Å². The molecule has 7 heteroatoms. The van der Waals surface area contributed by atoms with E-state index < -0.39 is 0 Å². The molecule has 0 aliphatic rings. The Kier molecular flexibility index (Phi) is 9.93. The SMILES string of the molecule is CCNC(=NCc1ccnc2ccccc12)NCCNC(=O)C(C)C.I. The average Bonchev–Trinajstić information content (AvgIpc) is 2.62. The third-order valence-electron chi connectivity index (χ3n) is 3.73. The highest BCUT2D eigenvalue weighted by atomic mass is 127. The monoisotopic (exact) mass is 469 g/mol. The number of benzene rings is 1. The fourth-order valence-electron chi connectivity index (χ4n) is 2.37. The standard InChI is InChI=1S/C19H27N5O.HI/c1-4-20-19(23-12-11-22-18(25)14(2)3)24-13-15-9-10-21-17-8-6-5-7-16(15)17;/h5-10,14H,4,11-13H2,1-3H3,(H,22,25)(H2,20,23,24);1H. The van der Waals surface area contributed by atoms with Crippen molar-refractivity contribution in [3.63, 3.8) is 0 Å². The molecule has 0 radical (unpaired) electrons. The number of rotatable bonds is 7. The molecule has 6 nitrogen and oxygen atoms in total. The quantitative estimate of drug-likeness (QED) is 0.252. The zero-order valence-corrected chi connectivity index (χ0v) is 17.9. The van der Waals surface area contributed by atoms with Crippen LogP contribution in [0.15, 0.2) is 41.5 Å². The van der Waals surface area contributed by atoms with E-state index in [1.54, 1.807) is 0 Å². The van der Waals surface area contributed by atoms with Crippen LogP contribution in [0.1, 0.15) is 26.3 Å². The van der Waals surface area contributed by atoms with Gasteiger partial charge in [-0.1, -0.05) is 32.0 Å². The summed E-state index contributed by atoms with van der Waals surface area (Å²) in [5.41, 5.74) is 2.11. The van der Waals surface area contributed by atoms with E-state index in [1.807, 2.05) is 51.2 Å². The molecule has 26 heavy (non-hydrogen) atoms. The molecule has 1 aromatic carbocycles. The Morgan fingerprint density at radius 1 is 1.12 bits per heavy atom. The molecule has 0 aliphatic heterocycles. The smallest absolute Gasteiger partial charge is 0.222 e. The van der Waals surface area contributed by atoms with Crippen molar-refractivity contribution in [2.75, 3.05) is 19.6 Å². The summed E-state index contributed by atoms with van der Waals surface area (Å²) >= 11 is 0. The van der Waals surface area contributed by atoms with Gasteiger partial charge in [0.25, 0.3) is 0 Å². The molecule has 0 saturated heterocycles. The highest BCUT2D eigenvalue weighted by Crippen LogP contribution is 2.16. The van der Waals surface area contributed by atoms with Gasteiger partial charge in [-0.2, -0.15) is 0 Å². The number of guanidine groups is 1. The van der Waals surface area contributed by atoms with Gasteiger partial charge < -0.3 is 16.0 Å². The minimum absolute atomic E-state index is 0. The van der Waals surface area contributed by atoms with Gasteiger partial charge in [0.1, 0.15) is 0 Å².